The first kappa shape index (κ1) is 14.9. The van der Waals surface area contributed by atoms with Crippen LogP contribution in [0.25, 0.3) is 0 Å². The van der Waals surface area contributed by atoms with E-state index in [0.717, 1.165) is 23.6 Å². The second-order valence-corrected chi connectivity index (χ2v) is 5.32. The summed E-state index contributed by atoms with van der Waals surface area (Å²) in [5, 5.41) is 0.686. The summed E-state index contributed by atoms with van der Waals surface area (Å²) in [6.07, 6.45) is 1.37. The van der Waals surface area contributed by atoms with E-state index in [1.54, 1.807) is 6.07 Å². The topological polar surface area (TPSA) is 26.0 Å². The highest BCUT2D eigenvalue weighted by Gasteiger charge is 2.11. The van der Waals surface area contributed by atoms with Gasteiger partial charge in [0.25, 0.3) is 0 Å². The molecule has 0 amide bonds. The fourth-order valence-corrected chi connectivity index (χ4v) is 2.45. The van der Waals surface area contributed by atoms with Crippen molar-refractivity contribution in [3.05, 3.63) is 70.2 Å². The van der Waals surface area contributed by atoms with Crippen LogP contribution < -0.4 is 5.73 Å². The summed E-state index contributed by atoms with van der Waals surface area (Å²) >= 11 is 5.95. The van der Waals surface area contributed by atoms with E-state index in [1.807, 2.05) is 24.3 Å². The van der Waals surface area contributed by atoms with Crippen LogP contribution in [0.3, 0.4) is 0 Å². The maximum atomic E-state index is 13.2. The minimum atomic E-state index is -0.826. The number of halogens is 3. The maximum Gasteiger partial charge on any atom is 0.159 e. The molecule has 106 valence electrons. The van der Waals surface area contributed by atoms with Gasteiger partial charge in [0.05, 0.1) is 0 Å². The zero-order chi connectivity index (χ0) is 14.5. The van der Waals surface area contributed by atoms with Crippen LogP contribution in [0.2, 0.25) is 5.02 Å². The van der Waals surface area contributed by atoms with Gasteiger partial charge in [0, 0.05) is 5.02 Å². The zero-order valence-corrected chi connectivity index (χ0v) is 11.7. The Morgan fingerprint density at radius 2 is 1.65 bits per heavy atom. The predicted molar refractivity (Wildman–Crippen MR) is 77.8 cm³/mol. The molecule has 20 heavy (non-hydrogen) atoms. The van der Waals surface area contributed by atoms with Crippen molar-refractivity contribution in [2.75, 3.05) is 6.54 Å². The molecule has 0 aromatic heterocycles. The summed E-state index contributed by atoms with van der Waals surface area (Å²) in [6, 6.07) is 11.6. The molecule has 0 bridgehead atoms. The monoisotopic (exact) mass is 295 g/mol. The van der Waals surface area contributed by atoms with Crippen LogP contribution in [0.5, 0.6) is 0 Å². The van der Waals surface area contributed by atoms with Crippen LogP contribution >= 0.6 is 11.6 Å². The minimum absolute atomic E-state index is 0.165. The first-order valence-corrected chi connectivity index (χ1v) is 6.84. The fourth-order valence-electron chi connectivity index (χ4n) is 2.24. The van der Waals surface area contributed by atoms with Crippen molar-refractivity contribution in [1.29, 1.82) is 0 Å². The lowest BCUT2D eigenvalue weighted by atomic mass is 9.92. The smallest absolute Gasteiger partial charge is 0.159 e. The largest absolute Gasteiger partial charge is 0.330 e. The molecule has 0 saturated carbocycles. The summed E-state index contributed by atoms with van der Waals surface area (Å²) in [6.45, 7) is 0.478. The Bertz CT molecular complexity index is 586. The minimum Gasteiger partial charge on any atom is -0.330 e. The van der Waals surface area contributed by atoms with E-state index in [1.165, 1.54) is 6.07 Å². The van der Waals surface area contributed by atoms with Crippen molar-refractivity contribution >= 4 is 11.6 Å². The molecule has 1 atom stereocenters. The van der Waals surface area contributed by atoms with E-state index in [-0.39, 0.29) is 5.92 Å². The van der Waals surface area contributed by atoms with Gasteiger partial charge in [-0.1, -0.05) is 29.8 Å². The molecule has 1 nitrogen and oxygen atoms in total. The first-order valence-electron chi connectivity index (χ1n) is 6.47. The third-order valence-electron chi connectivity index (χ3n) is 3.26. The van der Waals surface area contributed by atoms with Gasteiger partial charge in [0.2, 0.25) is 0 Å². The molecule has 2 aromatic carbocycles. The maximum absolute atomic E-state index is 13.2. The molecule has 4 heteroatoms. The molecule has 2 aromatic rings. The van der Waals surface area contributed by atoms with Gasteiger partial charge in [-0.2, -0.15) is 0 Å². The Hall–Kier alpha value is -1.45. The number of nitrogens with two attached hydrogens (primary N) is 1. The van der Waals surface area contributed by atoms with Crippen LogP contribution in [0.4, 0.5) is 8.78 Å². The average Bonchev–Trinajstić information content (AvgIpc) is 2.42. The van der Waals surface area contributed by atoms with Gasteiger partial charge in [-0.3, -0.25) is 0 Å². The van der Waals surface area contributed by atoms with E-state index in [2.05, 4.69) is 0 Å². The summed E-state index contributed by atoms with van der Waals surface area (Å²) in [5.41, 5.74) is 7.62. The van der Waals surface area contributed by atoms with Gasteiger partial charge < -0.3 is 5.73 Å². The van der Waals surface area contributed by atoms with Crippen LogP contribution in [0.15, 0.2) is 42.5 Å². The fraction of sp³-hybridized carbons (Fsp3) is 0.250. The van der Waals surface area contributed by atoms with Gasteiger partial charge in [0.15, 0.2) is 11.6 Å². The molecule has 1 unspecified atom stereocenters. The Kier molecular flexibility index (Phi) is 5.10. The summed E-state index contributed by atoms with van der Waals surface area (Å²) in [4.78, 5) is 0. The molecule has 0 saturated heterocycles. The third-order valence-corrected chi connectivity index (χ3v) is 3.49. The number of benzene rings is 2. The summed E-state index contributed by atoms with van der Waals surface area (Å²) < 4.78 is 26.1. The van der Waals surface area contributed by atoms with Crippen LogP contribution in [-0.4, -0.2) is 6.54 Å². The van der Waals surface area contributed by atoms with Crippen molar-refractivity contribution in [3.63, 3.8) is 0 Å². The normalized spacial score (nSPS) is 12.4. The summed E-state index contributed by atoms with van der Waals surface area (Å²) in [5.74, 6) is -1.48. The van der Waals surface area contributed by atoms with E-state index in [4.69, 9.17) is 17.3 Å². The van der Waals surface area contributed by atoms with Gasteiger partial charge >= 0.3 is 0 Å². The molecular formula is C16H16ClF2N. The quantitative estimate of drug-likeness (QED) is 0.887. The SMILES string of the molecule is NCC(Cc1cccc(Cl)c1)Cc1ccc(F)c(F)c1. The lowest BCUT2D eigenvalue weighted by Crippen LogP contribution is -2.19. The van der Waals surface area contributed by atoms with E-state index in [9.17, 15) is 8.78 Å². The van der Waals surface area contributed by atoms with Crippen LogP contribution in [-0.2, 0) is 12.8 Å². The molecule has 0 aliphatic heterocycles. The number of rotatable bonds is 5. The molecule has 0 radical (unpaired) electrons. The Morgan fingerprint density at radius 1 is 0.950 bits per heavy atom. The molecule has 0 fully saturated rings. The Morgan fingerprint density at radius 3 is 2.25 bits per heavy atom. The van der Waals surface area contributed by atoms with E-state index in [0.29, 0.717) is 18.0 Å². The molecule has 0 spiro atoms. The Labute approximate surface area is 122 Å². The van der Waals surface area contributed by atoms with Crippen LogP contribution in [0.1, 0.15) is 11.1 Å². The van der Waals surface area contributed by atoms with Gasteiger partial charge in [-0.15, -0.1) is 0 Å². The van der Waals surface area contributed by atoms with Crippen molar-refractivity contribution in [2.45, 2.75) is 12.8 Å². The van der Waals surface area contributed by atoms with Crippen molar-refractivity contribution < 1.29 is 8.78 Å². The van der Waals surface area contributed by atoms with E-state index >= 15 is 0 Å². The van der Waals surface area contributed by atoms with Crippen molar-refractivity contribution in [1.82, 2.24) is 0 Å². The molecule has 0 heterocycles. The molecule has 0 aliphatic carbocycles. The first-order chi connectivity index (χ1) is 9.58. The molecular weight excluding hydrogens is 280 g/mol. The van der Waals surface area contributed by atoms with Crippen LogP contribution in [0, 0.1) is 17.6 Å². The molecule has 2 rings (SSSR count). The lowest BCUT2D eigenvalue weighted by molar-refractivity contribution is 0.499. The van der Waals surface area contributed by atoms with Crippen molar-refractivity contribution in [3.8, 4) is 0 Å². The lowest BCUT2D eigenvalue weighted by Gasteiger charge is -2.15. The molecule has 0 aliphatic rings. The second-order valence-electron chi connectivity index (χ2n) is 4.89. The highest BCUT2D eigenvalue weighted by Crippen LogP contribution is 2.18. The van der Waals surface area contributed by atoms with E-state index < -0.39 is 11.6 Å². The predicted octanol–water partition coefficient (Wildman–Crippen LogP) is 3.98. The number of hydrogen-bond donors (Lipinski definition) is 1. The number of hydrogen-bond acceptors (Lipinski definition) is 1. The average molecular weight is 296 g/mol. The van der Waals surface area contributed by atoms with Gasteiger partial charge in [-0.05, 0) is 60.7 Å². The van der Waals surface area contributed by atoms with Crippen molar-refractivity contribution in [2.24, 2.45) is 11.7 Å². The molecule has 2 N–H and O–H groups in total. The van der Waals surface area contributed by atoms with Gasteiger partial charge in [0.1, 0.15) is 0 Å². The highest BCUT2D eigenvalue weighted by molar-refractivity contribution is 6.30. The Balaban J connectivity index is 2.07. The third kappa shape index (κ3) is 4.02. The zero-order valence-electron chi connectivity index (χ0n) is 11.0. The highest BCUT2D eigenvalue weighted by atomic mass is 35.5. The standard InChI is InChI=1S/C16H16ClF2N/c17-14-3-1-2-11(8-14)6-13(10-20)7-12-4-5-15(18)16(19)9-12/h1-5,8-9,13H,6-7,10,20H2. The van der Waals surface area contributed by atoms with Gasteiger partial charge in [-0.25, -0.2) is 8.78 Å². The summed E-state index contributed by atoms with van der Waals surface area (Å²) in [7, 11) is 0. The second kappa shape index (κ2) is 6.82.